The van der Waals surface area contributed by atoms with Gasteiger partial charge in [-0.3, -0.25) is 0 Å². The van der Waals surface area contributed by atoms with E-state index in [9.17, 15) is 0 Å². The molecule has 1 aliphatic rings. The smallest absolute Gasteiger partial charge is 0.148 e. The monoisotopic (exact) mass is 251 g/mol. The highest BCUT2D eigenvalue weighted by Crippen LogP contribution is 2.29. The van der Waals surface area contributed by atoms with Crippen LogP contribution >= 0.6 is 0 Å². The van der Waals surface area contributed by atoms with Crippen molar-refractivity contribution in [1.29, 1.82) is 0 Å². The van der Waals surface area contributed by atoms with Crippen LogP contribution in [-0.4, -0.2) is 12.6 Å². The summed E-state index contributed by atoms with van der Waals surface area (Å²) in [6.45, 7) is 1.15. The van der Waals surface area contributed by atoms with Crippen LogP contribution in [0.3, 0.4) is 0 Å². The normalized spacial score (nSPS) is 14.3. The van der Waals surface area contributed by atoms with Crippen molar-refractivity contribution in [3.8, 4) is 18.1 Å². The second kappa shape index (κ2) is 5.34. The Morgan fingerprint density at radius 2 is 2.05 bits per heavy atom. The van der Waals surface area contributed by atoms with Crippen molar-refractivity contribution < 1.29 is 4.74 Å². The Morgan fingerprint density at radius 1 is 1.21 bits per heavy atom. The molecule has 1 N–H and O–H groups in total. The Balaban J connectivity index is 1.97. The van der Waals surface area contributed by atoms with Gasteiger partial charge in [0.15, 0.2) is 0 Å². The van der Waals surface area contributed by atoms with Crippen molar-refractivity contribution in [2.24, 2.45) is 0 Å². The number of hydrogen-bond donors (Lipinski definition) is 1. The minimum Gasteiger partial charge on any atom is -0.481 e. The molecule has 0 bridgehead atoms. The lowest BCUT2D eigenvalue weighted by Gasteiger charge is -2.13. The van der Waals surface area contributed by atoms with Gasteiger partial charge in [0.2, 0.25) is 0 Å². The maximum atomic E-state index is 5.67. The summed E-state index contributed by atoms with van der Waals surface area (Å²) >= 11 is 0. The largest absolute Gasteiger partial charge is 0.481 e. The molecule has 1 fully saturated rings. The molecule has 0 aromatic heterocycles. The van der Waals surface area contributed by atoms with Crippen molar-refractivity contribution in [2.75, 3.05) is 6.61 Å². The minimum atomic E-state index is 0.314. The van der Waals surface area contributed by atoms with Crippen LogP contribution in [0.5, 0.6) is 5.75 Å². The van der Waals surface area contributed by atoms with Crippen molar-refractivity contribution in [3.63, 3.8) is 0 Å². The molecule has 0 aliphatic heterocycles. The number of fused-ring (bicyclic) bond motifs is 1. The Kier molecular flexibility index (Phi) is 3.39. The van der Waals surface area contributed by atoms with E-state index in [1.54, 1.807) is 0 Å². The summed E-state index contributed by atoms with van der Waals surface area (Å²) in [5.41, 5.74) is 1.21. The summed E-state index contributed by atoms with van der Waals surface area (Å²) in [4.78, 5) is 0. The Hall–Kier alpha value is -1.98. The van der Waals surface area contributed by atoms with Crippen molar-refractivity contribution in [3.05, 3.63) is 42.0 Å². The Bertz CT molecular complexity index is 623. The lowest BCUT2D eigenvalue weighted by atomic mass is 10.0. The molecule has 0 saturated heterocycles. The highest BCUT2D eigenvalue weighted by Gasteiger charge is 2.21. The van der Waals surface area contributed by atoms with E-state index in [1.807, 2.05) is 6.07 Å². The van der Waals surface area contributed by atoms with Crippen LogP contribution in [0.2, 0.25) is 0 Å². The summed E-state index contributed by atoms with van der Waals surface area (Å²) in [5, 5.41) is 6.03. The minimum absolute atomic E-state index is 0.314. The van der Waals surface area contributed by atoms with Gasteiger partial charge in [0, 0.05) is 18.2 Å². The van der Waals surface area contributed by atoms with E-state index in [2.05, 4.69) is 41.6 Å². The van der Waals surface area contributed by atoms with Crippen molar-refractivity contribution >= 4 is 10.8 Å². The zero-order valence-corrected chi connectivity index (χ0v) is 10.9. The third kappa shape index (κ3) is 2.72. The lowest BCUT2D eigenvalue weighted by molar-refractivity contribution is 0.365. The van der Waals surface area contributed by atoms with Gasteiger partial charge in [0.05, 0.1) is 0 Å². The first-order chi connectivity index (χ1) is 9.38. The summed E-state index contributed by atoms with van der Waals surface area (Å²) in [5.74, 6) is 3.42. The van der Waals surface area contributed by atoms with Gasteiger partial charge in [-0.15, -0.1) is 6.42 Å². The predicted octanol–water partition coefficient (Wildman–Crippen LogP) is 3.10. The molecular weight excluding hydrogens is 234 g/mol. The fraction of sp³-hybridized carbons (Fsp3) is 0.294. The first-order valence-electron chi connectivity index (χ1n) is 6.69. The molecule has 3 rings (SSSR count). The molecule has 0 heterocycles. The van der Waals surface area contributed by atoms with E-state index >= 15 is 0 Å². The maximum absolute atomic E-state index is 5.67. The summed E-state index contributed by atoms with van der Waals surface area (Å²) in [7, 11) is 0. The van der Waals surface area contributed by atoms with Gasteiger partial charge >= 0.3 is 0 Å². The molecule has 19 heavy (non-hydrogen) atoms. The van der Waals surface area contributed by atoms with Crippen LogP contribution < -0.4 is 10.1 Å². The van der Waals surface area contributed by atoms with Crippen LogP contribution in [0.1, 0.15) is 18.4 Å². The molecule has 0 atom stereocenters. The van der Waals surface area contributed by atoms with E-state index < -0.39 is 0 Å². The quantitative estimate of drug-likeness (QED) is 0.824. The molecule has 2 aromatic carbocycles. The Morgan fingerprint density at radius 3 is 2.84 bits per heavy atom. The molecule has 2 nitrogen and oxygen atoms in total. The topological polar surface area (TPSA) is 21.3 Å². The van der Waals surface area contributed by atoms with Gasteiger partial charge in [-0.05, 0) is 29.7 Å². The molecule has 1 aliphatic carbocycles. The third-order valence-electron chi connectivity index (χ3n) is 3.45. The second-order valence-electron chi connectivity index (χ2n) is 4.91. The van der Waals surface area contributed by atoms with Gasteiger partial charge in [-0.1, -0.05) is 36.3 Å². The molecule has 0 radical (unpaired) electrons. The summed E-state index contributed by atoms with van der Waals surface area (Å²) < 4.78 is 5.67. The molecule has 0 unspecified atom stereocenters. The number of ether oxygens (including phenoxy) is 1. The number of terminal acetylenes is 1. The van der Waals surface area contributed by atoms with Crippen molar-refractivity contribution in [2.45, 2.75) is 25.4 Å². The van der Waals surface area contributed by atoms with Crippen molar-refractivity contribution in [1.82, 2.24) is 5.32 Å². The first-order valence-corrected chi connectivity index (χ1v) is 6.69. The molecule has 2 heteroatoms. The van der Waals surface area contributed by atoms with Crippen LogP contribution in [0.15, 0.2) is 36.4 Å². The predicted molar refractivity (Wildman–Crippen MR) is 78.1 cm³/mol. The highest BCUT2D eigenvalue weighted by atomic mass is 16.5. The summed E-state index contributed by atoms with van der Waals surface area (Å²) in [6.07, 6.45) is 7.85. The van der Waals surface area contributed by atoms with Crippen LogP contribution in [0, 0.1) is 12.3 Å². The molecule has 1 saturated carbocycles. The first kappa shape index (κ1) is 12.1. The fourth-order valence-electron chi connectivity index (χ4n) is 2.29. The van der Waals surface area contributed by atoms with Gasteiger partial charge in [-0.2, -0.15) is 0 Å². The Labute approximate surface area is 113 Å². The van der Waals surface area contributed by atoms with Gasteiger partial charge in [0.25, 0.3) is 0 Å². The zero-order valence-electron chi connectivity index (χ0n) is 10.9. The summed E-state index contributed by atoms with van der Waals surface area (Å²) in [6, 6.07) is 13.2. The van der Waals surface area contributed by atoms with E-state index in [0.717, 1.165) is 12.3 Å². The third-order valence-corrected chi connectivity index (χ3v) is 3.45. The maximum Gasteiger partial charge on any atom is 0.148 e. The highest BCUT2D eigenvalue weighted by molar-refractivity contribution is 5.87. The van der Waals surface area contributed by atoms with Gasteiger partial charge in [-0.25, -0.2) is 0 Å². The number of hydrogen-bond acceptors (Lipinski definition) is 2. The zero-order chi connectivity index (χ0) is 13.1. The molecule has 0 amide bonds. The average molecular weight is 251 g/mol. The number of nitrogens with one attached hydrogen (secondary N) is 1. The van der Waals surface area contributed by atoms with E-state index in [1.165, 1.54) is 29.2 Å². The average Bonchev–Trinajstić information content (AvgIpc) is 3.27. The van der Waals surface area contributed by atoms with Crippen LogP contribution in [0.25, 0.3) is 10.8 Å². The molecular formula is C17H17NO. The van der Waals surface area contributed by atoms with E-state index in [-0.39, 0.29) is 0 Å². The standard InChI is InChI=1S/C17H17NO/c1-2-11-19-17-10-7-13-5-3-4-6-15(13)16(17)12-18-14-8-9-14/h1,3-7,10,14,18H,8-9,11-12H2. The SMILES string of the molecule is C#CCOc1ccc2ccccc2c1CNC1CC1. The number of benzene rings is 2. The lowest BCUT2D eigenvalue weighted by Crippen LogP contribution is -2.16. The van der Waals surface area contributed by atoms with Gasteiger partial charge in [0.1, 0.15) is 12.4 Å². The molecule has 2 aromatic rings. The fourth-order valence-corrected chi connectivity index (χ4v) is 2.29. The van der Waals surface area contributed by atoms with E-state index in [0.29, 0.717) is 12.6 Å². The second-order valence-corrected chi connectivity index (χ2v) is 4.91. The van der Waals surface area contributed by atoms with E-state index in [4.69, 9.17) is 11.2 Å². The van der Waals surface area contributed by atoms with Crippen LogP contribution in [-0.2, 0) is 6.54 Å². The molecule has 0 spiro atoms. The number of rotatable bonds is 5. The van der Waals surface area contributed by atoms with Crippen LogP contribution in [0.4, 0.5) is 0 Å². The molecule has 96 valence electrons. The van der Waals surface area contributed by atoms with Gasteiger partial charge < -0.3 is 10.1 Å².